The van der Waals surface area contributed by atoms with Crippen LogP contribution in [0, 0.1) is 0 Å². The van der Waals surface area contributed by atoms with E-state index in [1.165, 1.54) is 0 Å². The number of aromatic nitrogens is 1. The Balaban J connectivity index is 1.81. The lowest BCUT2D eigenvalue weighted by Crippen LogP contribution is -2.43. The van der Waals surface area contributed by atoms with Gasteiger partial charge >= 0.3 is 0 Å². The minimum absolute atomic E-state index is 0.158. The summed E-state index contributed by atoms with van der Waals surface area (Å²) in [6.45, 7) is 4.82. The number of nitrogens with one attached hydrogen (secondary N) is 2. The van der Waals surface area contributed by atoms with Crippen molar-refractivity contribution in [3.63, 3.8) is 0 Å². The van der Waals surface area contributed by atoms with Crippen LogP contribution < -0.4 is 16.4 Å². The van der Waals surface area contributed by atoms with Gasteiger partial charge in [0.05, 0.1) is 26.4 Å². The van der Waals surface area contributed by atoms with Crippen molar-refractivity contribution < 1.29 is 23.8 Å². The van der Waals surface area contributed by atoms with Gasteiger partial charge in [0.15, 0.2) is 0 Å². The quantitative estimate of drug-likeness (QED) is 0.232. The molecule has 0 aliphatic rings. The molecule has 0 aliphatic carbocycles. The van der Waals surface area contributed by atoms with Crippen molar-refractivity contribution >= 4 is 12.3 Å². The SMILES string of the molecule is NC(Cn1cccc1)C(=O)NCCCOCCOCCOCCCNC=O. The Labute approximate surface area is 160 Å². The summed E-state index contributed by atoms with van der Waals surface area (Å²) in [4.78, 5) is 21.9. The van der Waals surface area contributed by atoms with Crippen molar-refractivity contribution in [2.24, 2.45) is 5.73 Å². The van der Waals surface area contributed by atoms with Gasteiger partial charge in [0, 0.05) is 45.2 Å². The number of ether oxygens (including phenoxy) is 3. The zero-order valence-corrected chi connectivity index (χ0v) is 15.8. The standard InChI is InChI=1S/C18H32N4O5/c19-17(15-22-7-1-2-8-22)18(24)21-6-4-10-26-12-14-27-13-11-25-9-3-5-20-16-23/h1-2,7-8,16-17H,3-6,9-15,19H2,(H,20,23)(H,21,24). The molecule has 0 saturated carbocycles. The lowest BCUT2D eigenvalue weighted by atomic mass is 10.3. The minimum Gasteiger partial charge on any atom is -0.379 e. The molecule has 0 aliphatic heterocycles. The summed E-state index contributed by atoms with van der Waals surface area (Å²) in [5, 5.41) is 5.38. The Bertz CT molecular complexity index is 484. The van der Waals surface area contributed by atoms with Crippen LogP contribution in [-0.2, 0) is 30.3 Å². The topological polar surface area (TPSA) is 117 Å². The second kappa shape index (κ2) is 16.2. The average Bonchev–Trinajstić information content (AvgIpc) is 3.17. The first-order chi connectivity index (χ1) is 13.2. The molecule has 1 heterocycles. The maximum absolute atomic E-state index is 11.9. The molecule has 1 aromatic heterocycles. The summed E-state index contributed by atoms with van der Waals surface area (Å²) in [5.41, 5.74) is 5.86. The van der Waals surface area contributed by atoms with Crippen LogP contribution in [0.5, 0.6) is 0 Å². The van der Waals surface area contributed by atoms with Gasteiger partial charge in [0.1, 0.15) is 6.04 Å². The average molecular weight is 384 g/mol. The fraction of sp³-hybridized carbons (Fsp3) is 0.667. The van der Waals surface area contributed by atoms with E-state index in [1.54, 1.807) is 0 Å². The Morgan fingerprint density at radius 3 is 2.11 bits per heavy atom. The Morgan fingerprint density at radius 1 is 0.963 bits per heavy atom. The molecule has 0 aromatic carbocycles. The van der Waals surface area contributed by atoms with Crippen LogP contribution in [0.4, 0.5) is 0 Å². The summed E-state index contributed by atoms with van der Waals surface area (Å²) >= 11 is 0. The van der Waals surface area contributed by atoms with E-state index in [9.17, 15) is 9.59 Å². The highest BCUT2D eigenvalue weighted by molar-refractivity contribution is 5.81. The highest BCUT2D eigenvalue weighted by atomic mass is 16.5. The van der Waals surface area contributed by atoms with E-state index in [4.69, 9.17) is 19.9 Å². The fourth-order valence-electron chi connectivity index (χ4n) is 2.20. The molecule has 0 radical (unpaired) electrons. The van der Waals surface area contributed by atoms with Crippen molar-refractivity contribution in [1.82, 2.24) is 15.2 Å². The second-order valence-corrected chi connectivity index (χ2v) is 5.89. The van der Waals surface area contributed by atoms with E-state index >= 15 is 0 Å². The molecule has 0 bridgehead atoms. The van der Waals surface area contributed by atoms with Gasteiger partial charge in [-0.3, -0.25) is 9.59 Å². The zero-order chi connectivity index (χ0) is 19.6. The third kappa shape index (κ3) is 13.0. The van der Waals surface area contributed by atoms with Gasteiger partial charge in [0.25, 0.3) is 0 Å². The summed E-state index contributed by atoms with van der Waals surface area (Å²) in [6, 6.07) is 3.23. The van der Waals surface area contributed by atoms with Crippen LogP contribution in [-0.4, -0.2) is 75.7 Å². The fourth-order valence-corrected chi connectivity index (χ4v) is 2.20. The largest absolute Gasteiger partial charge is 0.379 e. The van der Waals surface area contributed by atoms with Gasteiger partial charge in [-0.05, 0) is 25.0 Å². The third-order valence-electron chi connectivity index (χ3n) is 3.61. The van der Waals surface area contributed by atoms with Crippen molar-refractivity contribution in [3.8, 4) is 0 Å². The number of hydrogen-bond acceptors (Lipinski definition) is 6. The van der Waals surface area contributed by atoms with Gasteiger partial charge in [-0.15, -0.1) is 0 Å². The predicted octanol–water partition coefficient (Wildman–Crippen LogP) is -0.492. The lowest BCUT2D eigenvalue weighted by molar-refractivity contribution is -0.122. The summed E-state index contributed by atoms with van der Waals surface area (Å²) in [7, 11) is 0. The smallest absolute Gasteiger partial charge is 0.238 e. The zero-order valence-electron chi connectivity index (χ0n) is 15.8. The van der Waals surface area contributed by atoms with Crippen LogP contribution in [0.1, 0.15) is 12.8 Å². The van der Waals surface area contributed by atoms with E-state index in [2.05, 4.69) is 10.6 Å². The molecular weight excluding hydrogens is 352 g/mol. The molecule has 1 rings (SSSR count). The summed E-state index contributed by atoms with van der Waals surface area (Å²) in [6.07, 6.45) is 5.94. The number of nitrogens with two attached hydrogens (primary N) is 1. The van der Waals surface area contributed by atoms with E-state index in [-0.39, 0.29) is 5.91 Å². The molecule has 0 fully saturated rings. The predicted molar refractivity (Wildman–Crippen MR) is 101 cm³/mol. The molecule has 1 atom stereocenters. The Morgan fingerprint density at radius 2 is 1.52 bits per heavy atom. The van der Waals surface area contributed by atoms with Crippen LogP contribution in [0.15, 0.2) is 24.5 Å². The summed E-state index contributed by atoms with van der Waals surface area (Å²) in [5.74, 6) is -0.158. The first kappa shape index (κ1) is 23.1. The molecule has 1 aromatic rings. The molecule has 2 amide bonds. The van der Waals surface area contributed by atoms with Gasteiger partial charge in [-0.1, -0.05) is 0 Å². The maximum Gasteiger partial charge on any atom is 0.238 e. The molecule has 4 N–H and O–H groups in total. The third-order valence-corrected chi connectivity index (χ3v) is 3.61. The van der Waals surface area contributed by atoms with Gasteiger partial charge in [-0.25, -0.2) is 0 Å². The van der Waals surface area contributed by atoms with Crippen LogP contribution in [0.25, 0.3) is 0 Å². The minimum atomic E-state index is -0.560. The van der Waals surface area contributed by atoms with Crippen molar-refractivity contribution in [2.75, 3.05) is 52.7 Å². The molecule has 154 valence electrons. The van der Waals surface area contributed by atoms with Gasteiger partial charge < -0.3 is 35.1 Å². The molecule has 1 unspecified atom stereocenters. The van der Waals surface area contributed by atoms with E-state index < -0.39 is 6.04 Å². The number of nitrogens with zero attached hydrogens (tertiary/aromatic N) is 1. The Hall–Kier alpha value is -1.94. The number of carbonyl (C=O) groups is 2. The first-order valence-corrected chi connectivity index (χ1v) is 9.28. The van der Waals surface area contributed by atoms with Gasteiger partial charge in [0.2, 0.25) is 12.3 Å². The molecule has 9 heteroatoms. The molecule has 0 saturated heterocycles. The monoisotopic (exact) mass is 384 g/mol. The number of hydrogen-bond donors (Lipinski definition) is 3. The number of amides is 2. The molecule has 27 heavy (non-hydrogen) atoms. The highest BCUT2D eigenvalue weighted by Gasteiger charge is 2.12. The van der Waals surface area contributed by atoms with Crippen molar-refractivity contribution in [3.05, 3.63) is 24.5 Å². The van der Waals surface area contributed by atoms with Gasteiger partial charge in [-0.2, -0.15) is 0 Å². The van der Waals surface area contributed by atoms with Crippen LogP contribution in [0.2, 0.25) is 0 Å². The van der Waals surface area contributed by atoms with Crippen LogP contribution >= 0.6 is 0 Å². The second-order valence-electron chi connectivity index (χ2n) is 5.89. The van der Waals surface area contributed by atoms with E-state index in [0.29, 0.717) is 65.7 Å². The normalized spacial score (nSPS) is 11.9. The molecule has 0 spiro atoms. The van der Waals surface area contributed by atoms with Crippen LogP contribution in [0.3, 0.4) is 0 Å². The van der Waals surface area contributed by atoms with Crippen molar-refractivity contribution in [2.45, 2.75) is 25.4 Å². The summed E-state index contributed by atoms with van der Waals surface area (Å²) < 4.78 is 18.0. The first-order valence-electron chi connectivity index (χ1n) is 9.28. The highest BCUT2D eigenvalue weighted by Crippen LogP contribution is 1.93. The van der Waals surface area contributed by atoms with Crippen molar-refractivity contribution in [1.29, 1.82) is 0 Å². The van der Waals surface area contributed by atoms with E-state index in [0.717, 1.165) is 12.8 Å². The molecular formula is C18H32N4O5. The number of carbonyl (C=O) groups excluding carboxylic acids is 2. The Kier molecular flexibility index (Phi) is 13.9. The number of rotatable bonds is 18. The lowest BCUT2D eigenvalue weighted by Gasteiger charge is -2.13. The molecule has 9 nitrogen and oxygen atoms in total. The van der Waals surface area contributed by atoms with E-state index in [1.807, 2.05) is 29.1 Å². The maximum atomic E-state index is 11.9.